The Kier molecular flexibility index (Phi) is 10.0. The molecule has 110 valence electrons. The molecule has 0 spiro atoms. The molecule has 0 unspecified atom stereocenters. The number of rotatable bonds is 3. The predicted octanol–water partition coefficient (Wildman–Crippen LogP) is 2.57. The summed E-state index contributed by atoms with van der Waals surface area (Å²) in [6.45, 7) is 8.71. The van der Waals surface area contributed by atoms with Gasteiger partial charge < -0.3 is 21.3 Å². The zero-order chi connectivity index (χ0) is 15.0. The van der Waals surface area contributed by atoms with Crippen molar-refractivity contribution in [2.75, 3.05) is 14.2 Å². The zero-order valence-electron chi connectivity index (χ0n) is 11.7. The van der Waals surface area contributed by atoms with Gasteiger partial charge in [-0.25, -0.2) is 4.79 Å². The average Bonchev–Trinajstić information content (AvgIpc) is 2.46. The Morgan fingerprint density at radius 2 is 1.85 bits per heavy atom. The Labute approximate surface area is 129 Å². The van der Waals surface area contributed by atoms with E-state index in [0.29, 0.717) is 11.3 Å². The fourth-order valence-corrected chi connectivity index (χ4v) is 1.61. The van der Waals surface area contributed by atoms with Crippen LogP contribution >= 0.6 is 0 Å². The quantitative estimate of drug-likeness (QED) is 0.485. The summed E-state index contributed by atoms with van der Waals surface area (Å²) in [5.41, 5.74) is 1.61. The van der Waals surface area contributed by atoms with Crippen LogP contribution in [0.1, 0.15) is 41.3 Å². The molecule has 0 saturated carbocycles. The summed E-state index contributed by atoms with van der Waals surface area (Å²) in [7, 11) is 2.78. The zero-order valence-corrected chi connectivity index (χ0v) is 12.6. The molecule has 1 aromatic carbocycles. The van der Waals surface area contributed by atoms with Crippen LogP contribution in [0.25, 0.3) is 0 Å². The third kappa shape index (κ3) is 4.59. The molecule has 0 atom stereocenters. The maximum absolute atomic E-state index is 11.5. The number of hydrogen-bond acceptors (Lipinski definition) is 5. The number of hydrogen-bond donors (Lipinski definition) is 0. The predicted molar refractivity (Wildman–Crippen MR) is 68.1 cm³/mol. The molecule has 0 saturated heterocycles. The van der Waals surface area contributed by atoms with Crippen molar-refractivity contribution in [1.82, 2.24) is 0 Å². The normalized spacial score (nSPS) is 8.50. The van der Waals surface area contributed by atoms with Crippen molar-refractivity contribution >= 4 is 5.97 Å². The van der Waals surface area contributed by atoms with Crippen molar-refractivity contribution in [2.24, 2.45) is 0 Å². The van der Waals surface area contributed by atoms with E-state index in [4.69, 9.17) is 21.8 Å². The number of nitrogens with zero attached hydrogens (tertiary/aromatic N) is 2. The first-order valence-corrected chi connectivity index (χ1v) is 5.47. The van der Waals surface area contributed by atoms with Crippen molar-refractivity contribution in [3.63, 3.8) is 0 Å². The van der Waals surface area contributed by atoms with Crippen LogP contribution in [0, 0.1) is 23.2 Å². The molecule has 0 radical (unpaired) electrons. The van der Waals surface area contributed by atoms with Crippen molar-refractivity contribution in [3.05, 3.63) is 35.4 Å². The smallest absolute Gasteiger partial charge is 0.512 e. The fraction of sp³-hybridized carbons (Fsp3) is 0.357. The van der Waals surface area contributed by atoms with E-state index in [0.717, 1.165) is 5.56 Å². The van der Waals surface area contributed by atoms with Crippen LogP contribution in [0.2, 0.25) is 0 Å². The van der Waals surface area contributed by atoms with Gasteiger partial charge in [0, 0.05) is 0 Å². The second kappa shape index (κ2) is 9.86. The molecule has 0 aliphatic rings. The van der Waals surface area contributed by atoms with Crippen LogP contribution in [0.15, 0.2) is 12.1 Å². The van der Waals surface area contributed by atoms with Gasteiger partial charge in [-0.15, -0.1) is 0 Å². The van der Waals surface area contributed by atoms with Gasteiger partial charge in [0.15, 0.2) is 0 Å². The molecule has 0 bridgehead atoms. The van der Waals surface area contributed by atoms with Gasteiger partial charge >= 0.3 is 23.0 Å². The molecule has 0 amide bonds. The van der Waals surface area contributed by atoms with Gasteiger partial charge in [-0.05, 0) is 23.6 Å². The Balaban J connectivity index is 0. The van der Waals surface area contributed by atoms with Gasteiger partial charge in [-0.1, -0.05) is 13.8 Å². The summed E-state index contributed by atoms with van der Waals surface area (Å²) in [5, 5.41) is 15.3. The molecule has 1 aromatic rings. The minimum atomic E-state index is -0.506. The summed E-state index contributed by atoms with van der Waals surface area (Å²) >= 11 is 0. The third-order valence-electron chi connectivity index (χ3n) is 2.52. The summed E-state index contributed by atoms with van der Waals surface area (Å²) in [6.07, 6.45) is 0. The van der Waals surface area contributed by atoms with Crippen LogP contribution in [0.4, 0.5) is 0 Å². The van der Waals surface area contributed by atoms with E-state index in [2.05, 4.69) is 10.8 Å². The van der Waals surface area contributed by atoms with Gasteiger partial charge in [-0.2, -0.15) is 5.26 Å². The minimum absolute atomic E-state index is 0. The van der Waals surface area contributed by atoms with Gasteiger partial charge in [0.25, 0.3) is 0 Å². The molecule has 6 heteroatoms. The summed E-state index contributed by atoms with van der Waals surface area (Å²) < 4.78 is 9.80. The first kappa shape index (κ1) is 20.3. The van der Waals surface area contributed by atoms with Crippen molar-refractivity contribution in [2.45, 2.75) is 19.8 Å². The summed E-state index contributed by atoms with van der Waals surface area (Å²) in [4.78, 5) is 11.5. The summed E-state index contributed by atoms with van der Waals surface area (Å²) in [6, 6.07) is 5.32. The second-order valence-electron chi connectivity index (χ2n) is 3.90. The first-order chi connectivity index (χ1) is 9.04. The molecule has 1 rings (SSSR count). The SMILES string of the molecule is COC(=O)c1cc(C#N)c(C(C)C)cc1OC.[C-]#N.[Cu+]. The monoisotopic (exact) mass is 322 g/mol. The number of carbonyl (C=O) groups is 1. The van der Waals surface area contributed by atoms with Gasteiger partial charge in [0.1, 0.15) is 11.3 Å². The van der Waals surface area contributed by atoms with Gasteiger partial charge in [0.05, 0.1) is 25.9 Å². The number of methoxy groups -OCH3 is 2. The van der Waals surface area contributed by atoms with Crippen LogP contribution in [-0.2, 0) is 21.8 Å². The molecule has 20 heavy (non-hydrogen) atoms. The largest absolute Gasteiger partial charge is 1.00 e. The summed E-state index contributed by atoms with van der Waals surface area (Å²) in [5.74, 6) is 0.110. The van der Waals surface area contributed by atoms with Crippen molar-refractivity contribution in [1.29, 1.82) is 10.5 Å². The van der Waals surface area contributed by atoms with Crippen LogP contribution in [0.3, 0.4) is 0 Å². The van der Waals surface area contributed by atoms with E-state index in [1.165, 1.54) is 20.3 Å². The van der Waals surface area contributed by atoms with Crippen molar-refractivity contribution < 1.29 is 31.3 Å². The van der Waals surface area contributed by atoms with E-state index in [1.807, 2.05) is 13.8 Å². The first-order valence-electron chi connectivity index (χ1n) is 5.47. The van der Waals surface area contributed by atoms with E-state index >= 15 is 0 Å². The molecular weight excluding hydrogens is 308 g/mol. The molecule has 0 aliphatic carbocycles. The molecule has 0 heterocycles. The van der Waals surface area contributed by atoms with Crippen LogP contribution < -0.4 is 4.74 Å². The van der Waals surface area contributed by atoms with Crippen molar-refractivity contribution in [3.8, 4) is 11.8 Å². The molecular formula is C14H15CuN2O3. The molecule has 5 nitrogen and oxygen atoms in total. The Morgan fingerprint density at radius 3 is 2.20 bits per heavy atom. The molecule has 0 fully saturated rings. The van der Waals surface area contributed by atoms with E-state index in [1.54, 1.807) is 6.07 Å². The van der Waals surface area contributed by atoms with E-state index in [-0.39, 0.29) is 28.6 Å². The second-order valence-corrected chi connectivity index (χ2v) is 3.90. The third-order valence-corrected chi connectivity index (χ3v) is 2.52. The van der Waals surface area contributed by atoms with Crippen LogP contribution in [0.5, 0.6) is 5.75 Å². The van der Waals surface area contributed by atoms with Gasteiger partial charge in [-0.3, -0.25) is 0 Å². The van der Waals surface area contributed by atoms with Crippen LogP contribution in [-0.4, -0.2) is 20.2 Å². The van der Waals surface area contributed by atoms with Gasteiger partial charge in [0.2, 0.25) is 0 Å². The average molecular weight is 323 g/mol. The van der Waals surface area contributed by atoms with E-state index in [9.17, 15) is 4.79 Å². The Morgan fingerprint density at radius 1 is 1.30 bits per heavy atom. The molecule has 0 N–H and O–H groups in total. The number of nitriles is 1. The maximum atomic E-state index is 11.5. The molecule has 0 aromatic heterocycles. The number of carbonyl (C=O) groups excluding carboxylic acids is 1. The number of esters is 1. The number of ether oxygens (including phenoxy) is 2. The number of benzene rings is 1. The Bertz CT molecular complexity index is 519. The minimum Gasteiger partial charge on any atom is -0.512 e. The van der Waals surface area contributed by atoms with E-state index < -0.39 is 5.97 Å². The standard InChI is InChI=1S/C13H15NO3.CN.Cu/c1-8(2)10-6-12(16-3)11(13(15)17-4)5-9(10)7-14;1-2;/h5-6,8H,1-4H3;;/q;-1;+1. The maximum Gasteiger partial charge on any atom is 1.00 e. The fourth-order valence-electron chi connectivity index (χ4n) is 1.61. The molecule has 0 aliphatic heterocycles. The Hall–Kier alpha value is -2.01. The topological polar surface area (TPSA) is 83.1 Å².